The monoisotopic (exact) mass is 296 g/mol. The van der Waals surface area contributed by atoms with E-state index in [2.05, 4.69) is 19.9 Å². The first-order valence-electron chi connectivity index (χ1n) is 7.39. The number of hydrogen-bond donors (Lipinski definition) is 1. The van der Waals surface area contributed by atoms with Crippen molar-refractivity contribution < 1.29 is 4.42 Å². The van der Waals surface area contributed by atoms with Crippen LogP contribution in [0.5, 0.6) is 0 Å². The van der Waals surface area contributed by atoms with Gasteiger partial charge in [-0.2, -0.15) is 0 Å². The Morgan fingerprint density at radius 3 is 2.59 bits per heavy atom. The van der Waals surface area contributed by atoms with E-state index in [9.17, 15) is 0 Å². The van der Waals surface area contributed by atoms with Crippen molar-refractivity contribution in [3.8, 4) is 11.3 Å². The van der Waals surface area contributed by atoms with Crippen molar-refractivity contribution in [1.29, 1.82) is 0 Å². The normalized spacial score (nSPS) is 15.4. The molecule has 0 radical (unpaired) electrons. The van der Waals surface area contributed by atoms with Crippen LogP contribution in [0.15, 0.2) is 29.1 Å². The summed E-state index contributed by atoms with van der Waals surface area (Å²) in [7, 11) is 0. The van der Waals surface area contributed by atoms with Crippen LogP contribution >= 0.6 is 0 Å². The van der Waals surface area contributed by atoms with Crippen molar-refractivity contribution in [2.75, 3.05) is 23.7 Å². The van der Waals surface area contributed by atoms with Crippen molar-refractivity contribution in [2.24, 2.45) is 0 Å². The van der Waals surface area contributed by atoms with Crippen molar-refractivity contribution >= 4 is 23.0 Å². The van der Waals surface area contributed by atoms with Gasteiger partial charge in [0.1, 0.15) is 11.2 Å². The summed E-state index contributed by atoms with van der Waals surface area (Å²) in [5, 5.41) is 0. The lowest BCUT2D eigenvalue weighted by atomic mass is 10.1. The van der Waals surface area contributed by atoms with E-state index in [-0.39, 0.29) is 5.95 Å². The molecule has 4 heterocycles. The average Bonchev–Trinajstić information content (AvgIpc) is 3.04. The third-order valence-electron chi connectivity index (χ3n) is 3.88. The molecule has 0 unspecified atom stereocenters. The number of furan rings is 1. The summed E-state index contributed by atoms with van der Waals surface area (Å²) in [6, 6.07) is 1.85. The van der Waals surface area contributed by atoms with Crippen LogP contribution in [0.1, 0.15) is 19.3 Å². The Kier molecular flexibility index (Phi) is 3.10. The quantitative estimate of drug-likeness (QED) is 0.775. The second-order valence-corrected chi connectivity index (χ2v) is 5.38. The standard InChI is InChI=1S/C15H16N6O/c16-14-17-8-10(9-18-14)12-13-11(4-7-22-13)19-15(20-12)21-5-2-1-3-6-21/h4,7-9H,1-3,5-6H2,(H2,16,17,18). The van der Waals surface area contributed by atoms with Gasteiger partial charge in [-0.25, -0.2) is 19.9 Å². The fraction of sp³-hybridized carbons (Fsp3) is 0.333. The minimum atomic E-state index is 0.241. The molecule has 112 valence electrons. The van der Waals surface area contributed by atoms with Gasteiger partial charge in [0, 0.05) is 37.1 Å². The molecule has 0 amide bonds. The number of nitrogen functional groups attached to an aromatic ring is 1. The van der Waals surface area contributed by atoms with Crippen LogP contribution in [-0.2, 0) is 0 Å². The number of nitrogens with zero attached hydrogens (tertiary/aromatic N) is 5. The van der Waals surface area contributed by atoms with Crippen LogP contribution in [0, 0.1) is 0 Å². The number of nitrogens with two attached hydrogens (primary N) is 1. The maximum atomic E-state index is 5.56. The minimum Gasteiger partial charge on any atom is -0.460 e. The van der Waals surface area contributed by atoms with Gasteiger partial charge in [0.15, 0.2) is 5.58 Å². The van der Waals surface area contributed by atoms with Gasteiger partial charge in [0.2, 0.25) is 11.9 Å². The van der Waals surface area contributed by atoms with Gasteiger partial charge >= 0.3 is 0 Å². The molecule has 7 nitrogen and oxygen atoms in total. The molecule has 0 bridgehead atoms. The molecule has 0 spiro atoms. The number of piperidine rings is 1. The molecule has 0 aliphatic carbocycles. The lowest BCUT2D eigenvalue weighted by Crippen LogP contribution is -2.31. The van der Waals surface area contributed by atoms with Crippen molar-refractivity contribution in [2.45, 2.75) is 19.3 Å². The molecule has 0 atom stereocenters. The molecule has 0 saturated carbocycles. The van der Waals surface area contributed by atoms with E-state index in [4.69, 9.17) is 15.1 Å². The second-order valence-electron chi connectivity index (χ2n) is 5.38. The molecule has 1 fully saturated rings. The van der Waals surface area contributed by atoms with Gasteiger partial charge in [-0.3, -0.25) is 0 Å². The van der Waals surface area contributed by atoms with E-state index < -0.39 is 0 Å². The number of anilines is 2. The molecule has 22 heavy (non-hydrogen) atoms. The summed E-state index contributed by atoms with van der Waals surface area (Å²) in [5.74, 6) is 0.977. The minimum absolute atomic E-state index is 0.241. The van der Waals surface area contributed by atoms with Gasteiger partial charge in [-0.1, -0.05) is 0 Å². The molecule has 3 aromatic rings. The van der Waals surface area contributed by atoms with E-state index in [1.165, 1.54) is 19.3 Å². The molecule has 1 aliphatic rings. The van der Waals surface area contributed by atoms with Gasteiger partial charge < -0.3 is 15.1 Å². The number of rotatable bonds is 2. The molecular formula is C15H16N6O. The topological polar surface area (TPSA) is 94.0 Å². The molecule has 7 heteroatoms. The third kappa shape index (κ3) is 2.24. The average molecular weight is 296 g/mol. The molecule has 0 aromatic carbocycles. The molecule has 1 saturated heterocycles. The first kappa shape index (κ1) is 13.0. The Bertz CT molecular complexity index is 791. The zero-order valence-corrected chi connectivity index (χ0v) is 12.1. The van der Waals surface area contributed by atoms with E-state index in [0.717, 1.165) is 30.1 Å². The lowest BCUT2D eigenvalue weighted by molar-refractivity contribution is 0.568. The van der Waals surface area contributed by atoms with Crippen LogP contribution in [0.2, 0.25) is 0 Å². The van der Waals surface area contributed by atoms with Gasteiger partial charge in [0.05, 0.1) is 6.26 Å². The summed E-state index contributed by atoms with van der Waals surface area (Å²) in [4.78, 5) is 19.6. The van der Waals surface area contributed by atoms with Crippen molar-refractivity contribution in [3.05, 3.63) is 24.7 Å². The van der Waals surface area contributed by atoms with Crippen LogP contribution in [0.4, 0.5) is 11.9 Å². The summed E-state index contributed by atoms with van der Waals surface area (Å²) >= 11 is 0. The SMILES string of the molecule is Nc1ncc(-c2nc(N3CCCCC3)nc3ccoc23)cn1. The molecule has 2 N–H and O–H groups in total. The summed E-state index contributed by atoms with van der Waals surface area (Å²) < 4.78 is 5.55. The molecular weight excluding hydrogens is 280 g/mol. The first-order valence-corrected chi connectivity index (χ1v) is 7.39. The fourth-order valence-corrected chi connectivity index (χ4v) is 2.74. The Balaban J connectivity index is 1.85. The highest BCUT2D eigenvalue weighted by Gasteiger charge is 2.18. The lowest BCUT2D eigenvalue weighted by Gasteiger charge is -2.26. The predicted molar refractivity (Wildman–Crippen MR) is 83.3 cm³/mol. The zero-order valence-electron chi connectivity index (χ0n) is 12.1. The van der Waals surface area contributed by atoms with Crippen LogP contribution < -0.4 is 10.6 Å². The van der Waals surface area contributed by atoms with Gasteiger partial charge in [-0.15, -0.1) is 0 Å². The molecule has 1 aliphatic heterocycles. The number of fused-ring (bicyclic) bond motifs is 1. The summed E-state index contributed by atoms with van der Waals surface area (Å²) in [6.07, 6.45) is 8.56. The summed E-state index contributed by atoms with van der Waals surface area (Å²) in [5.41, 5.74) is 8.48. The van der Waals surface area contributed by atoms with Crippen molar-refractivity contribution in [3.63, 3.8) is 0 Å². The number of hydrogen-bond acceptors (Lipinski definition) is 7. The smallest absolute Gasteiger partial charge is 0.226 e. The first-order chi connectivity index (χ1) is 10.8. The molecule has 4 rings (SSSR count). The van der Waals surface area contributed by atoms with Crippen LogP contribution in [-0.4, -0.2) is 33.0 Å². The largest absolute Gasteiger partial charge is 0.460 e. The van der Waals surface area contributed by atoms with E-state index in [1.807, 2.05) is 6.07 Å². The third-order valence-corrected chi connectivity index (χ3v) is 3.88. The van der Waals surface area contributed by atoms with Crippen molar-refractivity contribution in [1.82, 2.24) is 19.9 Å². The van der Waals surface area contributed by atoms with E-state index >= 15 is 0 Å². The van der Waals surface area contributed by atoms with Crippen LogP contribution in [0.3, 0.4) is 0 Å². The second kappa shape index (κ2) is 5.25. The predicted octanol–water partition coefficient (Wildman–Crippen LogP) is 2.25. The fourth-order valence-electron chi connectivity index (χ4n) is 2.74. The van der Waals surface area contributed by atoms with E-state index in [0.29, 0.717) is 11.3 Å². The maximum Gasteiger partial charge on any atom is 0.226 e. The molecule has 3 aromatic heterocycles. The van der Waals surface area contributed by atoms with E-state index in [1.54, 1.807) is 18.7 Å². The van der Waals surface area contributed by atoms with Gasteiger partial charge in [-0.05, 0) is 19.3 Å². The Labute approximate surface area is 127 Å². The number of aromatic nitrogens is 4. The summed E-state index contributed by atoms with van der Waals surface area (Å²) in [6.45, 7) is 1.97. The van der Waals surface area contributed by atoms with Crippen LogP contribution in [0.25, 0.3) is 22.4 Å². The Hall–Kier alpha value is -2.70. The maximum absolute atomic E-state index is 5.56. The highest BCUT2D eigenvalue weighted by molar-refractivity contribution is 5.88. The van der Waals surface area contributed by atoms with Gasteiger partial charge in [0.25, 0.3) is 0 Å². The Morgan fingerprint density at radius 1 is 1.05 bits per heavy atom. The Morgan fingerprint density at radius 2 is 1.82 bits per heavy atom. The highest BCUT2D eigenvalue weighted by atomic mass is 16.3. The highest BCUT2D eigenvalue weighted by Crippen LogP contribution is 2.29. The zero-order chi connectivity index (χ0) is 14.9.